The van der Waals surface area contributed by atoms with Crippen molar-refractivity contribution in [1.29, 1.82) is 0 Å². The Kier molecular flexibility index (Phi) is 3.75. The first-order valence-electron chi connectivity index (χ1n) is 5.97. The molecule has 19 heavy (non-hydrogen) atoms. The van der Waals surface area contributed by atoms with E-state index in [4.69, 9.17) is 0 Å². The molecule has 0 aliphatic rings. The van der Waals surface area contributed by atoms with Crippen molar-refractivity contribution in [1.82, 2.24) is 4.98 Å². The molecule has 1 heterocycles. The van der Waals surface area contributed by atoms with Crippen LogP contribution in [0.3, 0.4) is 0 Å². The average Bonchev–Trinajstić information content (AvgIpc) is 2.39. The highest BCUT2D eigenvalue weighted by Gasteiger charge is 2.10. The van der Waals surface area contributed by atoms with Gasteiger partial charge >= 0.3 is 0 Å². The van der Waals surface area contributed by atoms with Crippen molar-refractivity contribution >= 4 is 11.4 Å². The van der Waals surface area contributed by atoms with E-state index in [0.29, 0.717) is 12.1 Å². The molecular formula is C14H15N3O2. The van der Waals surface area contributed by atoms with Crippen molar-refractivity contribution in [2.75, 3.05) is 5.32 Å². The Labute approximate surface area is 111 Å². The molecule has 0 saturated carbocycles. The summed E-state index contributed by atoms with van der Waals surface area (Å²) >= 11 is 0. The molecule has 0 aliphatic heterocycles. The zero-order valence-corrected chi connectivity index (χ0v) is 10.9. The van der Waals surface area contributed by atoms with Crippen LogP contribution in [-0.2, 0) is 6.54 Å². The number of hydrogen-bond acceptors (Lipinski definition) is 4. The standard InChI is InChI=1S/C14H15N3O2/c1-10-5-6-12(8-14(10)17(18)19)9-16-13-4-3-7-15-11(13)2/h3-8,16H,9H2,1-2H3. The van der Waals surface area contributed by atoms with Crippen molar-refractivity contribution in [2.24, 2.45) is 0 Å². The molecule has 2 aromatic rings. The number of nitro groups is 1. The second-order valence-corrected chi connectivity index (χ2v) is 4.37. The normalized spacial score (nSPS) is 10.2. The first-order chi connectivity index (χ1) is 9.08. The molecule has 0 atom stereocenters. The van der Waals surface area contributed by atoms with Gasteiger partial charge in [0.05, 0.1) is 16.3 Å². The molecule has 0 bridgehead atoms. The lowest BCUT2D eigenvalue weighted by molar-refractivity contribution is -0.385. The maximum Gasteiger partial charge on any atom is 0.272 e. The highest BCUT2D eigenvalue weighted by atomic mass is 16.6. The maximum atomic E-state index is 10.9. The fourth-order valence-corrected chi connectivity index (χ4v) is 1.83. The van der Waals surface area contributed by atoms with Crippen LogP contribution in [0.25, 0.3) is 0 Å². The summed E-state index contributed by atoms with van der Waals surface area (Å²) in [4.78, 5) is 14.7. The lowest BCUT2D eigenvalue weighted by Crippen LogP contribution is -2.03. The van der Waals surface area contributed by atoms with Crippen LogP contribution in [0.15, 0.2) is 36.5 Å². The number of anilines is 1. The Morgan fingerprint density at radius 1 is 1.32 bits per heavy atom. The van der Waals surface area contributed by atoms with E-state index in [1.54, 1.807) is 25.3 Å². The molecule has 0 unspecified atom stereocenters. The monoisotopic (exact) mass is 257 g/mol. The van der Waals surface area contributed by atoms with Gasteiger partial charge in [0.25, 0.3) is 5.69 Å². The summed E-state index contributed by atoms with van der Waals surface area (Å²) in [6.45, 7) is 4.19. The van der Waals surface area contributed by atoms with E-state index in [2.05, 4.69) is 10.3 Å². The van der Waals surface area contributed by atoms with Gasteiger partial charge in [0.15, 0.2) is 0 Å². The molecule has 0 aliphatic carbocycles. The molecule has 1 aromatic heterocycles. The maximum absolute atomic E-state index is 10.9. The van der Waals surface area contributed by atoms with Crippen LogP contribution in [0.2, 0.25) is 0 Å². The van der Waals surface area contributed by atoms with Gasteiger partial charge in [-0.2, -0.15) is 0 Å². The minimum Gasteiger partial charge on any atom is -0.379 e. The van der Waals surface area contributed by atoms with Gasteiger partial charge in [-0.3, -0.25) is 15.1 Å². The van der Waals surface area contributed by atoms with Crippen molar-refractivity contribution in [3.05, 3.63) is 63.5 Å². The summed E-state index contributed by atoms with van der Waals surface area (Å²) in [5, 5.41) is 14.1. The lowest BCUT2D eigenvalue weighted by Gasteiger charge is -2.09. The van der Waals surface area contributed by atoms with Crippen LogP contribution in [-0.4, -0.2) is 9.91 Å². The summed E-state index contributed by atoms with van der Waals surface area (Å²) in [6, 6.07) is 9.05. The van der Waals surface area contributed by atoms with Gasteiger partial charge < -0.3 is 5.32 Å². The number of nitrogens with zero attached hydrogens (tertiary/aromatic N) is 2. The van der Waals surface area contributed by atoms with Crippen molar-refractivity contribution in [3.63, 3.8) is 0 Å². The van der Waals surface area contributed by atoms with E-state index in [-0.39, 0.29) is 10.6 Å². The first-order valence-corrected chi connectivity index (χ1v) is 5.97. The molecule has 0 radical (unpaired) electrons. The largest absolute Gasteiger partial charge is 0.379 e. The summed E-state index contributed by atoms with van der Waals surface area (Å²) in [5.41, 5.74) is 3.55. The van der Waals surface area contributed by atoms with Gasteiger partial charge in [0.2, 0.25) is 0 Å². The van der Waals surface area contributed by atoms with Crippen molar-refractivity contribution in [3.8, 4) is 0 Å². The number of hydrogen-bond donors (Lipinski definition) is 1. The Morgan fingerprint density at radius 2 is 2.11 bits per heavy atom. The van der Waals surface area contributed by atoms with Gasteiger partial charge in [-0.15, -0.1) is 0 Å². The summed E-state index contributed by atoms with van der Waals surface area (Å²) < 4.78 is 0. The highest BCUT2D eigenvalue weighted by molar-refractivity contribution is 5.48. The number of benzene rings is 1. The number of aryl methyl sites for hydroxylation is 2. The second kappa shape index (κ2) is 5.48. The van der Waals surface area contributed by atoms with Crippen molar-refractivity contribution < 1.29 is 4.92 Å². The summed E-state index contributed by atoms with van der Waals surface area (Å²) in [6.07, 6.45) is 1.73. The van der Waals surface area contributed by atoms with E-state index in [9.17, 15) is 10.1 Å². The van der Waals surface area contributed by atoms with Crippen LogP contribution >= 0.6 is 0 Å². The number of pyridine rings is 1. The highest BCUT2D eigenvalue weighted by Crippen LogP contribution is 2.20. The van der Waals surface area contributed by atoms with E-state index in [1.807, 2.05) is 25.1 Å². The van der Waals surface area contributed by atoms with Crippen LogP contribution in [0, 0.1) is 24.0 Å². The Balaban J connectivity index is 2.14. The molecule has 1 N–H and O–H groups in total. The third kappa shape index (κ3) is 3.07. The number of aromatic nitrogens is 1. The van der Waals surface area contributed by atoms with Crippen LogP contribution < -0.4 is 5.32 Å². The van der Waals surface area contributed by atoms with Crippen LogP contribution in [0.5, 0.6) is 0 Å². The minimum atomic E-state index is -0.353. The molecule has 98 valence electrons. The molecule has 5 nitrogen and oxygen atoms in total. The summed E-state index contributed by atoms with van der Waals surface area (Å²) in [5.74, 6) is 0. The quantitative estimate of drug-likeness (QED) is 0.674. The van der Waals surface area contributed by atoms with Gasteiger partial charge in [-0.1, -0.05) is 12.1 Å². The molecule has 0 fully saturated rings. The Hall–Kier alpha value is -2.43. The van der Waals surface area contributed by atoms with E-state index >= 15 is 0 Å². The number of rotatable bonds is 4. The van der Waals surface area contributed by atoms with E-state index in [0.717, 1.165) is 16.9 Å². The fourth-order valence-electron chi connectivity index (χ4n) is 1.83. The third-order valence-electron chi connectivity index (χ3n) is 2.96. The van der Waals surface area contributed by atoms with Crippen LogP contribution in [0.4, 0.5) is 11.4 Å². The molecule has 0 saturated heterocycles. The molecule has 0 spiro atoms. The molecule has 2 rings (SSSR count). The fraction of sp³-hybridized carbons (Fsp3) is 0.214. The molecule has 5 heteroatoms. The second-order valence-electron chi connectivity index (χ2n) is 4.37. The zero-order valence-electron chi connectivity index (χ0n) is 10.9. The Morgan fingerprint density at radius 3 is 2.79 bits per heavy atom. The van der Waals surface area contributed by atoms with E-state index < -0.39 is 0 Å². The third-order valence-corrected chi connectivity index (χ3v) is 2.96. The summed E-state index contributed by atoms with van der Waals surface area (Å²) in [7, 11) is 0. The SMILES string of the molecule is Cc1ccc(CNc2cccnc2C)cc1[N+](=O)[O-]. The molecule has 1 aromatic carbocycles. The first kappa shape index (κ1) is 13.0. The van der Waals surface area contributed by atoms with Gasteiger partial charge in [-0.25, -0.2) is 0 Å². The zero-order chi connectivity index (χ0) is 13.8. The number of nitrogens with one attached hydrogen (secondary N) is 1. The Bertz CT molecular complexity index is 611. The van der Waals surface area contributed by atoms with Crippen LogP contribution in [0.1, 0.15) is 16.8 Å². The predicted octanol–water partition coefficient (Wildman–Crippen LogP) is 3.22. The van der Waals surface area contributed by atoms with Gasteiger partial charge in [0, 0.05) is 24.4 Å². The van der Waals surface area contributed by atoms with Crippen molar-refractivity contribution in [2.45, 2.75) is 20.4 Å². The number of nitro benzene ring substituents is 1. The van der Waals surface area contributed by atoms with E-state index in [1.165, 1.54) is 0 Å². The topological polar surface area (TPSA) is 68.1 Å². The predicted molar refractivity (Wildman–Crippen MR) is 74.1 cm³/mol. The van der Waals surface area contributed by atoms with Gasteiger partial charge in [-0.05, 0) is 31.5 Å². The molecule has 0 amide bonds. The average molecular weight is 257 g/mol. The smallest absolute Gasteiger partial charge is 0.272 e. The molecular weight excluding hydrogens is 242 g/mol. The minimum absolute atomic E-state index is 0.155. The lowest BCUT2D eigenvalue weighted by atomic mass is 10.1. The van der Waals surface area contributed by atoms with Gasteiger partial charge in [0.1, 0.15) is 0 Å².